The molecule has 26 heavy (non-hydrogen) atoms. The van der Waals surface area contributed by atoms with Crippen LogP contribution in [0.15, 0.2) is 30.3 Å². The summed E-state index contributed by atoms with van der Waals surface area (Å²) >= 11 is 0. The zero-order chi connectivity index (χ0) is 18.9. The third-order valence-corrected chi connectivity index (χ3v) is 4.75. The van der Waals surface area contributed by atoms with Gasteiger partial charge in [-0.1, -0.05) is 30.3 Å². The number of carbonyl (C=O) groups is 2. The molecule has 1 aliphatic rings. The summed E-state index contributed by atoms with van der Waals surface area (Å²) in [5, 5.41) is 0. The Labute approximate surface area is 156 Å². The minimum Gasteiger partial charge on any atom is -0.466 e. The number of nitrogens with zero attached hydrogens (tertiary/aromatic N) is 2. The number of esters is 2. The summed E-state index contributed by atoms with van der Waals surface area (Å²) in [6.45, 7) is 6.73. The largest absolute Gasteiger partial charge is 0.466 e. The molecule has 0 radical (unpaired) electrons. The molecule has 1 aliphatic heterocycles. The number of likely N-dealkylation sites (N-methyl/N-ethyl adjacent to an activating group) is 1. The molecule has 6 heteroatoms. The van der Waals surface area contributed by atoms with E-state index in [9.17, 15) is 9.59 Å². The zero-order valence-electron chi connectivity index (χ0n) is 16.0. The fourth-order valence-corrected chi connectivity index (χ4v) is 3.44. The second-order valence-corrected chi connectivity index (χ2v) is 6.67. The van der Waals surface area contributed by atoms with Gasteiger partial charge in [0.2, 0.25) is 0 Å². The highest BCUT2D eigenvalue weighted by molar-refractivity contribution is 5.71. The van der Waals surface area contributed by atoms with Gasteiger partial charge in [-0.3, -0.25) is 19.4 Å². The maximum Gasteiger partial charge on any atom is 0.307 e. The quantitative estimate of drug-likeness (QED) is 0.660. The fraction of sp³-hybridized carbons (Fsp3) is 0.600. The van der Waals surface area contributed by atoms with Crippen LogP contribution >= 0.6 is 0 Å². The van der Waals surface area contributed by atoms with Gasteiger partial charge in [0, 0.05) is 31.7 Å². The first-order chi connectivity index (χ1) is 12.5. The Morgan fingerprint density at radius 3 is 1.92 bits per heavy atom. The lowest BCUT2D eigenvalue weighted by atomic mass is 10.0. The van der Waals surface area contributed by atoms with Crippen molar-refractivity contribution < 1.29 is 19.1 Å². The maximum absolute atomic E-state index is 12.0. The first kappa shape index (κ1) is 20.4. The number of piperazine rings is 1. The van der Waals surface area contributed by atoms with E-state index in [1.54, 1.807) is 0 Å². The molecular weight excluding hydrogens is 332 g/mol. The Morgan fingerprint density at radius 1 is 0.962 bits per heavy atom. The second kappa shape index (κ2) is 10.3. The van der Waals surface area contributed by atoms with Crippen LogP contribution < -0.4 is 0 Å². The summed E-state index contributed by atoms with van der Waals surface area (Å²) in [6.07, 6.45) is 0.657. The van der Waals surface area contributed by atoms with Gasteiger partial charge in [0.05, 0.1) is 26.1 Å². The van der Waals surface area contributed by atoms with E-state index in [2.05, 4.69) is 21.9 Å². The number of rotatable bonds is 8. The van der Waals surface area contributed by atoms with Gasteiger partial charge in [0.15, 0.2) is 0 Å². The molecule has 0 bridgehead atoms. The van der Waals surface area contributed by atoms with Crippen LogP contribution in [0.1, 0.15) is 32.3 Å². The summed E-state index contributed by atoms with van der Waals surface area (Å²) in [6, 6.07) is 10.3. The van der Waals surface area contributed by atoms with Crippen LogP contribution in [0.3, 0.4) is 0 Å². The molecule has 0 N–H and O–H groups in total. The Morgan fingerprint density at radius 2 is 1.46 bits per heavy atom. The van der Waals surface area contributed by atoms with Crippen LogP contribution in [0.5, 0.6) is 0 Å². The van der Waals surface area contributed by atoms with Crippen molar-refractivity contribution in [2.24, 2.45) is 0 Å². The minimum absolute atomic E-state index is 0.0194. The monoisotopic (exact) mass is 362 g/mol. The van der Waals surface area contributed by atoms with Crippen molar-refractivity contribution in [1.82, 2.24) is 9.80 Å². The van der Waals surface area contributed by atoms with E-state index < -0.39 is 0 Å². The van der Waals surface area contributed by atoms with Crippen LogP contribution in [-0.4, -0.2) is 67.2 Å². The molecule has 0 aromatic heterocycles. The van der Waals surface area contributed by atoms with Crippen molar-refractivity contribution in [3.63, 3.8) is 0 Å². The number of carbonyl (C=O) groups excluding carboxylic acids is 2. The number of hydrogen-bond acceptors (Lipinski definition) is 6. The molecule has 1 aromatic carbocycles. The number of benzene rings is 1. The Hall–Kier alpha value is -1.92. The first-order valence-electron chi connectivity index (χ1n) is 9.32. The summed E-state index contributed by atoms with van der Waals surface area (Å²) in [4.78, 5) is 28.4. The van der Waals surface area contributed by atoms with Crippen molar-refractivity contribution in [1.29, 1.82) is 0 Å². The molecule has 1 aromatic rings. The molecular formula is C20H30N2O4. The lowest BCUT2D eigenvalue weighted by Gasteiger charge is -2.44. The summed E-state index contributed by atoms with van der Waals surface area (Å²) in [5.74, 6) is -0.387. The van der Waals surface area contributed by atoms with Crippen molar-refractivity contribution in [3.05, 3.63) is 35.9 Å². The van der Waals surface area contributed by atoms with Crippen LogP contribution in [0.25, 0.3) is 0 Å². The lowest BCUT2D eigenvalue weighted by Crippen LogP contribution is -2.57. The normalized spacial score (nSPS) is 21.3. The molecule has 0 spiro atoms. The molecule has 144 valence electrons. The average Bonchev–Trinajstić information content (AvgIpc) is 2.60. The highest BCUT2D eigenvalue weighted by Gasteiger charge is 2.34. The van der Waals surface area contributed by atoms with Crippen molar-refractivity contribution in [2.45, 2.75) is 45.3 Å². The SMILES string of the molecule is CCOC(=O)C[C@@H]1CN(Cc2ccccc2)C[C@@H](CC(=O)OCC)N1C. The van der Waals surface area contributed by atoms with Crippen LogP contribution in [0.2, 0.25) is 0 Å². The molecule has 0 aliphatic carbocycles. The minimum atomic E-state index is -0.194. The Kier molecular flexibility index (Phi) is 8.06. The van der Waals surface area contributed by atoms with Crippen molar-refractivity contribution in [2.75, 3.05) is 33.4 Å². The summed E-state index contributed by atoms with van der Waals surface area (Å²) < 4.78 is 10.3. The molecule has 1 fully saturated rings. The van der Waals surface area contributed by atoms with Gasteiger partial charge in [-0.25, -0.2) is 0 Å². The Bertz CT molecular complexity index is 548. The predicted octanol–water partition coefficient (Wildman–Crippen LogP) is 2.08. The topological polar surface area (TPSA) is 59.1 Å². The van der Waals surface area contributed by atoms with Gasteiger partial charge < -0.3 is 9.47 Å². The highest BCUT2D eigenvalue weighted by Crippen LogP contribution is 2.21. The summed E-state index contributed by atoms with van der Waals surface area (Å²) in [5.41, 5.74) is 1.22. The first-order valence-corrected chi connectivity index (χ1v) is 9.32. The lowest BCUT2D eigenvalue weighted by molar-refractivity contribution is -0.147. The van der Waals surface area contributed by atoms with Gasteiger partial charge in [0.25, 0.3) is 0 Å². The predicted molar refractivity (Wildman–Crippen MR) is 99.6 cm³/mol. The van der Waals surface area contributed by atoms with Gasteiger partial charge >= 0.3 is 11.9 Å². The van der Waals surface area contributed by atoms with Gasteiger partial charge in [-0.15, -0.1) is 0 Å². The van der Waals surface area contributed by atoms with E-state index in [0.29, 0.717) is 26.1 Å². The van der Waals surface area contributed by atoms with Crippen molar-refractivity contribution >= 4 is 11.9 Å². The second-order valence-electron chi connectivity index (χ2n) is 6.67. The van der Waals surface area contributed by atoms with Gasteiger partial charge in [0.1, 0.15) is 0 Å². The van der Waals surface area contributed by atoms with E-state index >= 15 is 0 Å². The van der Waals surface area contributed by atoms with Crippen LogP contribution in [0, 0.1) is 0 Å². The van der Waals surface area contributed by atoms with Gasteiger partial charge in [-0.05, 0) is 26.5 Å². The molecule has 2 rings (SSSR count). The van der Waals surface area contributed by atoms with E-state index in [-0.39, 0.29) is 24.0 Å². The number of ether oxygens (including phenoxy) is 2. The van der Waals surface area contributed by atoms with E-state index in [1.807, 2.05) is 39.1 Å². The highest BCUT2D eigenvalue weighted by atomic mass is 16.5. The average molecular weight is 362 g/mol. The molecule has 1 saturated heterocycles. The smallest absolute Gasteiger partial charge is 0.307 e. The van der Waals surface area contributed by atoms with E-state index in [0.717, 1.165) is 19.6 Å². The molecule has 0 unspecified atom stereocenters. The van der Waals surface area contributed by atoms with E-state index in [1.165, 1.54) is 5.56 Å². The molecule has 0 amide bonds. The van der Waals surface area contributed by atoms with Gasteiger partial charge in [-0.2, -0.15) is 0 Å². The van der Waals surface area contributed by atoms with Crippen LogP contribution in [0.4, 0.5) is 0 Å². The molecule has 6 nitrogen and oxygen atoms in total. The summed E-state index contributed by atoms with van der Waals surface area (Å²) in [7, 11) is 1.98. The van der Waals surface area contributed by atoms with E-state index in [4.69, 9.17) is 9.47 Å². The van der Waals surface area contributed by atoms with Crippen LogP contribution in [-0.2, 0) is 25.6 Å². The molecule has 1 heterocycles. The van der Waals surface area contributed by atoms with Crippen molar-refractivity contribution in [3.8, 4) is 0 Å². The fourth-order valence-electron chi connectivity index (χ4n) is 3.44. The standard InChI is InChI=1S/C20H30N2O4/c1-4-25-19(23)11-17-14-22(13-16-9-7-6-8-10-16)15-18(21(17)3)12-20(24)26-5-2/h6-10,17-18H,4-5,11-15H2,1-3H3/t17-,18-/m1/s1. The Balaban J connectivity index is 2.08. The number of hydrogen-bond donors (Lipinski definition) is 0. The molecule has 0 saturated carbocycles. The third-order valence-electron chi connectivity index (χ3n) is 4.75. The maximum atomic E-state index is 12.0. The molecule has 2 atom stereocenters. The zero-order valence-corrected chi connectivity index (χ0v) is 16.0. The third kappa shape index (κ3) is 6.11.